The molecular weight excluding hydrogens is 477 g/mol. The van der Waals surface area contributed by atoms with Gasteiger partial charge in [-0.25, -0.2) is 9.37 Å². The number of aliphatic hydroxyl groups is 1. The minimum absolute atomic E-state index is 0.0417. The first-order valence-corrected chi connectivity index (χ1v) is 11.3. The summed E-state index contributed by atoms with van der Waals surface area (Å²) in [6, 6.07) is 4.13. The molecule has 1 saturated heterocycles. The van der Waals surface area contributed by atoms with Crippen LogP contribution in [-0.4, -0.2) is 59.6 Å². The second kappa shape index (κ2) is 10.7. The van der Waals surface area contributed by atoms with Gasteiger partial charge in [-0.1, -0.05) is 17.7 Å². The van der Waals surface area contributed by atoms with Gasteiger partial charge in [0.1, 0.15) is 22.9 Å². The molecule has 0 aliphatic carbocycles. The number of benzene rings is 1. The predicted octanol–water partition coefficient (Wildman–Crippen LogP) is 2.00. The molecule has 3 aromatic rings. The van der Waals surface area contributed by atoms with Gasteiger partial charge >= 0.3 is 0 Å². The Morgan fingerprint density at radius 3 is 2.88 bits per heavy atom. The Kier molecular flexibility index (Phi) is 7.68. The molecule has 1 aliphatic rings. The van der Waals surface area contributed by atoms with Crippen molar-refractivity contribution in [2.24, 2.45) is 0 Å². The zero-order valence-electron chi connectivity index (χ0n) is 17.3. The number of amides is 1. The molecule has 4 rings (SSSR count). The third-order valence-corrected chi connectivity index (χ3v) is 6.18. The van der Waals surface area contributed by atoms with Gasteiger partial charge < -0.3 is 29.6 Å². The van der Waals surface area contributed by atoms with E-state index in [0.717, 1.165) is 0 Å². The lowest BCUT2D eigenvalue weighted by Gasteiger charge is -2.28. The number of hydrogen-bond donors (Lipinski definition) is 3. The van der Waals surface area contributed by atoms with Gasteiger partial charge in [0.2, 0.25) is 5.82 Å². The molecule has 12 heteroatoms. The topological polar surface area (TPSA) is 123 Å². The van der Waals surface area contributed by atoms with E-state index in [1.165, 1.54) is 29.5 Å². The number of aliphatic hydroxyl groups excluding tert-OH is 1. The first-order valence-electron chi connectivity index (χ1n) is 10.1. The summed E-state index contributed by atoms with van der Waals surface area (Å²) in [5, 5.41) is 13.7. The normalized spacial score (nSPS) is 18.5. The molecule has 2 aromatic heterocycles. The van der Waals surface area contributed by atoms with Gasteiger partial charge in [-0.3, -0.25) is 9.59 Å². The highest BCUT2D eigenvalue weighted by Crippen LogP contribution is 2.22. The molecule has 1 aromatic carbocycles. The summed E-state index contributed by atoms with van der Waals surface area (Å²) in [5.74, 6) is -1.24. The number of thiophene rings is 1. The van der Waals surface area contributed by atoms with Crippen molar-refractivity contribution in [2.75, 3.05) is 26.4 Å². The van der Waals surface area contributed by atoms with Gasteiger partial charge in [0.15, 0.2) is 0 Å². The lowest BCUT2D eigenvalue weighted by Crippen LogP contribution is -2.39. The summed E-state index contributed by atoms with van der Waals surface area (Å²) in [5.41, 5.74) is 0.812. The molecule has 3 N–H and O–H groups in total. The summed E-state index contributed by atoms with van der Waals surface area (Å²) >= 11 is 6.98. The molecule has 176 valence electrons. The summed E-state index contributed by atoms with van der Waals surface area (Å²) in [7, 11) is 0. The van der Waals surface area contributed by atoms with Crippen LogP contribution in [0, 0.1) is 5.82 Å². The van der Waals surface area contributed by atoms with Gasteiger partial charge in [0, 0.05) is 12.1 Å². The Morgan fingerprint density at radius 1 is 1.36 bits per heavy atom. The summed E-state index contributed by atoms with van der Waals surface area (Å²) in [6.07, 6.45) is -0.563. The number of aromatic amines is 1. The zero-order valence-corrected chi connectivity index (χ0v) is 18.9. The fourth-order valence-electron chi connectivity index (χ4n) is 3.22. The zero-order chi connectivity index (χ0) is 23.4. The van der Waals surface area contributed by atoms with Crippen LogP contribution in [0.1, 0.15) is 21.7 Å². The van der Waals surface area contributed by atoms with Gasteiger partial charge in [-0.05, 0) is 23.1 Å². The monoisotopic (exact) mass is 497 g/mol. The predicted molar refractivity (Wildman–Crippen MR) is 119 cm³/mol. The highest BCUT2D eigenvalue weighted by atomic mass is 35.5. The minimum Gasteiger partial charge on any atom is -0.394 e. The average molecular weight is 498 g/mol. The molecule has 1 aliphatic heterocycles. The van der Waals surface area contributed by atoms with Crippen molar-refractivity contribution in [1.29, 1.82) is 0 Å². The quantitative estimate of drug-likeness (QED) is 0.435. The van der Waals surface area contributed by atoms with Crippen LogP contribution < -0.4 is 10.9 Å². The number of nitrogens with one attached hydrogen (secondary N) is 2. The molecule has 0 radical (unpaired) electrons. The van der Waals surface area contributed by atoms with Crippen LogP contribution in [0.5, 0.6) is 0 Å². The van der Waals surface area contributed by atoms with E-state index in [2.05, 4.69) is 15.3 Å². The number of carbonyl (C=O) groups excluding carboxylic acids is 1. The summed E-state index contributed by atoms with van der Waals surface area (Å²) < 4.78 is 29.9. The lowest BCUT2D eigenvalue weighted by molar-refractivity contribution is -0.162. The smallest absolute Gasteiger partial charge is 0.287 e. The molecule has 33 heavy (non-hydrogen) atoms. The van der Waals surface area contributed by atoms with Gasteiger partial charge in [-0.2, -0.15) is 0 Å². The molecule has 2 unspecified atom stereocenters. The van der Waals surface area contributed by atoms with Crippen molar-refractivity contribution in [3.8, 4) is 0 Å². The Hall–Kier alpha value is -2.41. The maximum absolute atomic E-state index is 13.3. The van der Waals surface area contributed by atoms with Crippen molar-refractivity contribution in [3.63, 3.8) is 0 Å². The van der Waals surface area contributed by atoms with Gasteiger partial charge in [-0.15, -0.1) is 11.3 Å². The number of carbonyl (C=O) groups is 1. The minimum atomic E-state index is -0.573. The van der Waals surface area contributed by atoms with E-state index in [1.54, 1.807) is 5.38 Å². The van der Waals surface area contributed by atoms with Crippen LogP contribution in [0.3, 0.4) is 0 Å². The van der Waals surface area contributed by atoms with Crippen LogP contribution in [0.15, 0.2) is 28.4 Å². The number of fused-ring (bicyclic) bond motifs is 1. The Bertz CT molecular complexity index is 1190. The second-order valence-electron chi connectivity index (χ2n) is 7.40. The van der Waals surface area contributed by atoms with Crippen molar-refractivity contribution >= 4 is 39.1 Å². The van der Waals surface area contributed by atoms with Crippen LogP contribution >= 0.6 is 22.9 Å². The molecule has 0 bridgehead atoms. The van der Waals surface area contributed by atoms with Gasteiger partial charge in [0.25, 0.3) is 11.5 Å². The van der Waals surface area contributed by atoms with E-state index in [-0.39, 0.29) is 49.4 Å². The number of ether oxygens (including phenoxy) is 3. The van der Waals surface area contributed by atoms with Crippen LogP contribution in [-0.2, 0) is 27.4 Å². The summed E-state index contributed by atoms with van der Waals surface area (Å²) in [6.45, 7) is 1.06. The van der Waals surface area contributed by atoms with Crippen molar-refractivity contribution in [1.82, 2.24) is 15.3 Å². The van der Waals surface area contributed by atoms with E-state index in [9.17, 15) is 14.0 Å². The maximum atomic E-state index is 13.3. The molecule has 1 fully saturated rings. The van der Waals surface area contributed by atoms with E-state index >= 15 is 0 Å². The van der Waals surface area contributed by atoms with Crippen molar-refractivity contribution in [2.45, 2.75) is 25.4 Å². The first kappa shape index (κ1) is 23.7. The van der Waals surface area contributed by atoms with Crippen LogP contribution in [0.25, 0.3) is 10.2 Å². The molecule has 2 atom stereocenters. The standard InChI is InChI=1S/C21H21ClFN3O6S/c22-15-3-11(1-2-16(15)23)4-24-20(29)18-25-19(28)17-12(10-33-21(17)26-18)6-30-7-14-9-31-13(5-27)8-32-14/h1-3,10,13-14,27H,4-9H2,(H,24,29)(H,25,26,28). The largest absolute Gasteiger partial charge is 0.394 e. The molecule has 3 heterocycles. The summed E-state index contributed by atoms with van der Waals surface area (Å²) in [4.78, 5) is 32.2. The van der Waals surface area contributed by atoms with Crippen LogP contribution in [0.4, 0.5) is 4.39 Å². The van der Waals surface area contributed by atoms with E-state index in [0.29, 0.717) is 34.6 Å². The Balaban J connectivity index is 1.36. The number of halogens is 2. The Morgan fingerprint density at radius 2 is 2.15 bits per heavy atom. The molecule has 0 saturated carbocycles. The maximum Gasteiger partial charge on any atom is 0.287 e. The van der Waals surface area contributed by atoms with Gasteiger partial charge in [0.05, 0.1) is 43.4 Å². The molecule has 9 nitrogen and oxygen atoms in total. The third kappa shape index (κ3) is 5.75. The van der Waals surface area contributed by atoms with E-state index in [4.69, 9.17) is 30.9 Å². The number of H-pyrrole nitrogens is 1. The van der Waals surface area contributed by atoms with E-state index < -0.39 is 17.3 Å². The molecule has 1 amide bonds. The number of aromatic nitrogens is 2. The first-order chi connectivity index (χ1) is 15.9. The highest BCUT2D eigenvalue weighted by molar-refractivity contribution is 7.16. The SMILES string of the molecule is O=C(NCc1ccc(F)c(Cl)c1)c1nc2scc(COCC3COC(CO)CO3)c2c(=O)[nH]1. The number of hydrogen-bond acceptors (Lipinski definition) is 8. The molecular formula is C21H21ClFN3O6S. The van der Waals surface area contributed by atoms with Crippen molar-refractivity contribution < 1.29 is 28.5 Å². The highest BCUT2D eigenvalue weighted by Gasteiger charge is 2.22. The fraction of sp³-hybridized carbons (Fsp3) is 0.381. The number of rotatable bonds is 8. The lowest BCUT2D eigenvalue weighted by atomic mass is 10.2. The van der Waals surface area contributed by atoms with Crippen molar-refractivity contribution in [3.05, 3.63) is 61.7 Å². The third-order valence-electron chi connectivity index (χ3n) is 4.97. The Labute approximate surface area is 196 Å². The molecule has 0 spiro atoms. The average Bonchev–Trinajstić information content (AvgIpc) is 3.23. The number of nitrogens with zero attached hydrogens (tertiary/aromatic N) is 1. The van der Waals surface area contributed by atoms with Crippen LogP contribution in [0.2, 0.25) is 5.02 Å². The fourth-order valence-corrected chi connectivity index (χ4v) is 4.35. The second-order valence-corrected chi connectivity index (χ2v) is 8.66. The van der Waals surface area contributed by atoms with E-state index in [1.807, 2.05) is 0 Å².